The Morgan fingerprint density at radius 2 is 1.92 bits per heavy atom. The minimum atomic E-state index is -3.71. The maximum Gasteiger partial charge on any atom is 0.341 e. The number of aromatic nitrogens is 1. The first kappa shape index (κ1) is 18.6. The molecular weight excluding hydrogens is 356 g/mol. The van der Waals surface area contributed by atoms with E-state index in [9.17, 15) is 23.1 Å². The summed E-state index contributed by atoms with van der Waals surface area (Å²) in [5.41, 5.74) is -0.504. The van der Waals surface area contributed by atoms with Crippen LogP contribution in [0.15, 0.2) is 34.1 Å². The van der Waals surface area contributed by atoms with Crippen LogP contribution in [0.3, 0.4) is 0 Å². The van der Waals surface area contributed by atoms with E-state index in [1.807, 2.05) is 6.92 Å². The molecule has 0 radical (unpaired) electrons. The van der Waals surface area contributed by atoms with Crippen LogP contribution in [0.2, 0.25) is 0 Å². The van der Waals surface area contributed by atoms with Crippen molar-refractivity contribution in [1.29, 1.82) is 0 Å². The van der Waals surface area contributed by atoms with Crippen LogP contribution in [0.4, 0.5) is 0 Å². The molecule has 1 aromatic carbocycles. The molecule has 7 nitrogen and oxygen atoms in total. The van der Waals surface area contributed by atoms with Crippen LogP contribution < -0.4 is 5.43 Å². The van der Waals surface area contributed by atoms with Gasteiger partial charge in [-0.3, -0.25) is 4.79 Å². The van der Waals surface area contributed by atoms with E-state index >= 15 is 0 Å². The molecule has 0 unspecified atom stereocenters. The fourth-order valence-corrected chi connectivity index (χ4v) is 4.82. The van der Waals surface area contributed by atoms with Gasteiger partial charge in [0.1, 0.15) is 5.56 Å². The summed E-state index contributed by atoms with van der Waals surface area (Å²) in [4.78, 5) is 23.9. The lowest BCUT2D eigenvalue weighted by Crippen LogP contribution is -2.37. The topological polar surface area (TPSA) is 96.7 Å². The van der Waals surface area contributed by atoms with Crippen molar-refractivity contribution < 1.29 is 18.3 Å². The minimum absolute atomic E-state index is 0.0295. The van der Waals surface area contributed by atoms with Crippen molar-refractivity contribution in [3.8, 4) is 0 Å². The minimum Gasteiger partial charge on any atom is -0.477 e. The van der Waals surface area contributed by atoms with Crippen molar-refractivity contribution in [2.24, 2.45) is 5.92 Å². The maximum atomic E-state index is 12.9. The standard InChI is InChI=1S/C18H22N2O5S/c1-3-19-11-15(18(22)23)17(21)14-10-13(4-5-16(14)19)26(24,25)20-8-6-12(2)7-9-20/h4-5,10-12H,3,6-9H2,1-2H3,(H,22,23). The lowest BCUT2D eigenvalue weighted by atomic mass is 10.0. The van der Waals surface area contributed by atoms with Crippen LogP contribution >= 0.6 is 0 Å². The lowest BCUT2D eigenvalue weighted by molar-refractivity contribution is 0.0695. The summed E-state index contributed by atoms with van der Waals surface area (Å²) in [7, 11) is -3.71. The third-order valence-corrected chi connectivity index (χ3v) is 6.90. The van der Waals surface area contributed by atoms with Gasteiger partial charge in [-0.1, -0.05) is 6.92 Å². The molecule has 0 aliphatic carbocycles. The number of sulfonamides is 1. The number of fused-ring (bicyclic) bond motifs is 1. The van der Waals surface area contributed by atoms with Crippen molar-refractivity contribution in [1.82, 2.24) is 8.87 Å². The highest BCUT2D eigenvalue weighted by atomic mass is 32.2. The highest BCUT2D eigenvalue weighted by Crippen LogP contribution is 2.25. The van der Waals surface area contributed by atoms with E-state index < -0.39 is 21.4 Å². The maximum absolute atomic E-state index is 12.9. The molecule has 2 heterocycles. The summed E-state index contributed by atoms with van der Waals surface area (Å²) in [6, 6.07) is 4.37. The monoisotopic (exact) mass is 378 g/mol. The van der Waals surface area contributed by atoms with Gasteiger partial charge in [-0.2, -0.15) is 4.31 Å². The molecule has 3 rings (SSSR count). The first-order chi connectivity index (χ1) is 12.3. The van der Waals surface area contributed by atoms with Crippen LogP contribution in [-0.4, -0.2) is 41.5 Å². The second-order valence-electron chi connectivity index (χ2n) is 6.73. The normalized spacial score (nSPS) is 16.8. The van der Waals surface area contributed by atoms with Crippen LogP contribution in [0.1, 0.15) is 37.0 Å². The molecule has 26 heavy (non-hydrogen) atoms. The molecule has 0 bridgehead atoms. The Balaban J connectivity index is 2.15. The van der Waals surface area contributed by atoms with E-state index in [0.717, 1.165) is 12.8 Å². The van der Waals surface area contributed by atoms with Gasteiger partial charge in [-0.25, -0.2) is 13.2 Å². The molecule has 1 N–H and O–H groups in total. The number of hydrogen-bond donors (Lipinski definition) is 1. The first-order valence-corrected chi connectivity index (χ1v) is 10.1. The van der Waals surface area contributed by atoms with E-state index in [1.54, 1.807) is 10.6 Å². The summed E-state index contributed by atoms with van der Waals surface area (Å²) in [6.07, 6.45) is 2.91. The average Bonchev–Trinajstić information content (AvgIpc) is 2.62. The van der Waals surface area contributed by atoms with Gasteiger partial charge in [0.2, 0.25) is 15.5 Å². The SMILES string of the molecule is CCn1cc(C(=O)O)c(=O)c2cc(S(=O)(=O)N3CCC(C)CC3)ccc21. The fourth-order valence-electron chi connectivity index (χ4n) is 3.33. The Bertz CT molecular complexity index is 1020. The molecular formula is C18H22N2O5S. The van der Waals surface area contributed by atoms with Gasteiger partial charge in [0.15, 0.2) is 0 Å². The largest absolute Gasteiger partial charge is 0.477 e. The Morgan fingerprint density at radius 3 is 2.50 bits per heavy atom. The molecule has 1 aromatic heterocycles. The predicted octanol–water partition coefficient (Wildman–Crippen LogP) is 2.14. The molecule has 1 aliphatic heterocycles. The molecule has 0 atom stereocenters. The zero-order chi connectivity index (χ0) is 19.1. The van der Waals surface area contributed by atoms with Crippen molar-refractivity contribution in [3.63, 3.8) is 0 Å². The predicted molar refractivity (Wildman–Crippen MR) is 98.0 cm³/mol. The number of nitrogens with zero attached hydrogens (tertiary/aromatic N) is 2. The Labute approximate surface area is 151 Å². The zero-order valence-electron chi connectivity index (χ0n) is 14.8. The number of hydrogen-bond acceptors (Lipinski definition) is 4. The fraction of sp³-hybridized carbons (Fsp3) is 0.444. The third-order valence-electron chi connectivity index (χ3n) is 5.00. The molecule has 1 aliphatic rings. The second kappa shape index (κ2) is 6.85. The van der Waals surface area contributed by atoms with Crippen molar-refractivity contribution in [3.05, 3.63) is 40.2 Å². The summed E-state index contributed by atoms with van der Waals surface area (Å²) in [5.74, 6) is -0.828. The van der Waals surface area contributed by atoms with Crippen LogP contribution in [0, 0.1) is 5.92 Å². The van der Waals surface area contributed by atoms with Gasteiger partial charge in [-0.05, 0) is 43.9 Å². The van der Waals surface area contributed by atoms with Gasteiger partial charge in [0, 0.05) is 31.2 Å². The number of rotatable bonds is 4. The highest BCUT2D eigenvalue weighted by Gasteiger charge is 2.28. The Morgan fingerprint density at radius 1 is 1.27 bits per heavy atom. The number of carboxylic acids is 1. The molecule has 0 spiro atoms. The molecule has 0 saturated carbocycles. The number of aromatic carboxylic acids is 1. The lowest BCUT2D eigenvalue weighted by Gasteiger charge is -2.29. The van der Waals surface area contributed by atoms with Crippen molar-refractivity contribution >= 4 is 26.9 Å². The van der Waals surface area contributed by atoms with Crippen molar-refractivity contribution in [2.75, 3.05) is 13.1 Å². The zero-order valence-corrected chi connectivity index (χ0v) is 15.6. The first-order valence-electron chi connectivity index (χ1n) is 8.66. The molecule has 140 valence electrons. The van der Waals surface area contributed by atoms with Crippen LogP contribution in [-0.2, 0) is 16.6 Å². The summed E-state index contributed by atoms with van der Waals surface area (Å²) < 4.78 is 28.9. The number of carboxylic acid groups (broad SMARTS) is 1. The molecule has 1 fully saturated rings. The summed E-state index contributed by atoms with van der Waals surface area (Å²) >= 11 is 0. The summed E-state index contributed by atoms with van der Waals surface area (Å²) in [6.45, 7) is 5.30. The number of pyridine rings is 1. The third kappa shape index (κ3) is 3.14. The smallest absolute Gasteiger partial charge is 0.341 e. The van der Waals surface area contributed by atoms with Gasteiger partial charge in [0.25, 0.3) is 0 Å². The Hall–Kier alpha value is -2.19. The second-order valence-corrected chi connectivity index (χ2v) is 8.67. The molecule has 1 saturated heterocycles. The number of piperidine rings is 1. The van der Waals surface area contributed by atoms with Gasteiger partial charge in [-0.15, -0.1) is 0 Å². The highest BCUT2D eigenvalue weighted by molar-refractivity contribution is 7.89. The molecule has 0 amide bonds. The Kier molecular flexibility index (Phi) is 4.90. The number of benzene rings is 1. The molecule has 2 aromatic rings. The van der Waals surface area contributed by atoms with Crippen LogP contribution in [0.5, 0.6) is 0 Å². The van der Waals surface area contributed by atoms with Gasteiger partial charge >= 0.3 is 5.97 Å². The van der Waals surface area contributed by atoms with Crippen molar-refractivity contribution in [2.45, 2.75) is 38.1 Å². The van der Waals surface area contributed by atoms with E-state index in [4.69, 9.17) is 0 Å². The van der Waals surface area contributed by atoms with Gasteiger partial charge in [0.05, 0.1) is 10.4 Å². The molecule has 8 heteroatoms. The van der Waals surface area contributed by atoms with E-state index in [1.165, 1.54) is 22.6 Å². The van der Waals surface area contributed by atoms with Crippen LogP contribution in [0.25, 0.3) is 10.9 Å². The van der Waals surface area contributed by atoms with Gasteiger partial charge < -0.3 is 9.67 Å². The summed E-state index contributed by atoms with van der Waals surface area (Å²) in [5, 5.41) is 9.37. The quantitative estimate of drug-likeness (QED) is 0.879. The number of aryl methyl sites for hydroxylation is 1. The average molecular weight is 378 g/mol. The number of carbonyl (C=O) groups is 1. The van der Waals surface area contributed by atoms with E-state index in [-0.39, 0.29) is 15.8 Å². The van der Waals surface area contributed by atoms with E-state index in [0.29, 0.717) is 31.1 Å². The van der Waals surface area contributed by atoms with E-state index in [2.05, 4.69) is 6.92 Å².